The number of carbonyl (C=O) groups is 2. The van der Waals surface area contributed by atoms with E-state index in [1.54, 1.807) is 19.9 Å². The number of carboxylic acids is 1. The fraction of sp³-hybridized carbons (Fsp3) is 0.472. The van der Waals surface area contributed by atoms with Crippen LogP contribution >= 0.6 is 0 Å². The number of methoxy groups -OCH3 is 1. The SMILES string of the molecule is COc1ccc(C)c(-c2cc(C)c(F)c([C@H](CC(=O)O)NC(=O)C(CC(C)C)n3cc(CCN4CCC4)c(C(F)(F)F)cc3=O)c2)c1C. The molecule has 1 aliphatic heterocycles. The highest BCUT2D eigenvalue weighted by molar-refractivity contribution is 5.82. The van der Waals surface area contributed by atoms with Gasteiger partial charge in [-0.3, -0.25) is 14.4 Å². The number of nitrogens with one attached hydrogen (secondary N) is 1. The Morgan fingerprint density at radius 2 is 1.75 bits per heavy atom. The number of carboxylic acid groups (broad SMARTS) is 1. The van der Waals surface area contributed by atoms with Crippen LogP contribution in [0.2, 0.25) is 0 Å². The lowest BCUT2D eigenvalue weighted by Crippen LogP contribution is -2.41. The topological polar surface area (TPSA) is 101 Å². The highest BCUT2D eigenvalue weighted by Crippen LogP contribution is 2.37. The first-order valence-corrected chi connectivity index (χ1v) is 16.0. The number of carbonyl (C=O) groups excluding carboxylic acids is 1. The molecule has 0 radical (unpaired) electrons. The van der Waals surface area contributed by atoms with Gasteiger partial charge in [-0.2, -0.15) is 13.2 Å². The summed E-state index contributed by atoms with van der Waals surface area (Å²) in [6, 6.07) is 4.68. The molecule has 1 unspecified atom stereocenters. The van der Waals surface area contributed by atoms with Gasteiger partial charge in [0.2, 0.25) is 5.91 Å². The van der Waals surface area contributed by atoms with Crippen molar-refractivity contribution in [2.24, 2.45) is 5.92 Å². The molecule has 260 valence electrons. The van der Waals surface area contributed by atoms with E-state index in [-0.39, 0.29) is 35.4 Å². The van der Waals surface area contributed by atoms with Crippen LogP contribution in [0.3, 0.4) is 0 Å². The molecule has 0 spiro atoms. The maximum absolute atomic E-state index is 15.9. The number of pyridine rings is 1. The number of hydrogen-bond donors (Lipinski definition) is 2. The van der Waals surface area contributed by atoms with E-state index in [1.165, 1.54) is 20.1 Å². The van der Waals surface area contributed by atoms with Crippen molar-refractivity contribution >= 4 is 11.9 Å². The van der Waals surface area contributed by atoms with Crippen LogP contribution in [-0.4, -0.2) is 53.2 Å². The molecule has 3 aromatic rings. The largest absolute Gasteiger partial charge is 0.496 e. The Morgan fingerprint density at radius 1 is 1.06 bits per heavy atom. The van der Waals surface area contributed by atoms with Crippen LogP contribution < -0.4 is 15.6 Å². The van der Waals surface area contributed by atoms with Gasteiger partial charge in [0.15, 0.2) is 0 Å². The predicted octanol–water partition coefficient (Wildman–Crippen LogP) is 6.77. The summed E-state index contributed by atoms with van der Waals surface area (Å²) in [7, 11) is 1.53. The Kier molecular flexibility index (Phi) is 11.4. The quantitative estimate of drug-likeness (QED) is 0.194. The van der Waals surface area contributed by atoms with E-state index in [9.17, 15) is 32.7 Å². The van der Waals surface area contributed by atoms with Gasteiger partial charge >= 0.3 is 12.1 Å². The Morgan fingerprint density at radius 3 is 2.31 bits per heavy atom. The summed E-state index contributed by atoms with van der Waals surface area (Å²) in [5.41, 5.74) is 0.984. The third-order valence-electron chi connectivity index (χ3n) is 8.93. The van der Waals surface area contributed by atoms with E-state index in [0.717, 1.165) is 47.0 Å². The van der Waals surface area contributed by atoms with Crippen molar-refractivity contribution in [1.29, 1.82) is 0 Å². The number of alkyl halides is 3. The van der Waals surface area contributed by atoms with Crippen molar-refractivity contribution in [1.82, 2.24) is 14.8 Å². The number of amides is 1. The summed E-state index contributed by atoms with van der Waals surface area (Å²) in [6.07, 6.45) is -3.31. The van der Waals surface area contributed by atoms with E-state index in [0.29, 0.717) is 23.9 Å². The second-order valence-electron chi connectivity index (χ2n) is 13.0. The first-order chi connectivity index (χ1) is 22.5. The normalized spacial score (nSPS) is 14.8. The molecular weight excluding hydrogens is 630 g/mol. The second-order valence-corrected chi connectivity index (χ2v) is 13.0. The molecule has 12 heteroatoms. The van der Waals surface area contributed by atoms with Gasteiger partial charge < -0.3 is 24.6 Å². The molecule has 1 fully saturated rings. The monoisotopic (exact) mass is 673 g/mol. The highest BCUT2D eigenvalue weighted by Gasteiger charge is 2.36. The molecule has 1 aromatic heterocycles. The van der Waals surface area contributed by atoms with Gasteiger partial charge in [0.05, 0.1) is 25.1 Å². The molecule has 2 atom stereocenters. The summed E-state index contributed by atoms with van der Waals surface area (Å²) in [5.74, 6) is -2.39. The Labute approximate surface area is 277 Å². The molecule has 1 aliphatic rings. The summed E-state index contributed by atoms with van der Waals surface area (Å²) >= 11 is 0. The minimum atomic E-state index is -4.77. The van der Waals surface area contributed by atoms with Crippen LogP contribution in [0.5, 0.6) is 5.75 Å². The van der Waals surface area contributed by atoms with Crippen molar-refractivity contribution < 1.29 is 37.0 Å². The van der Waals surface area contributed by atoms with Crippen LogP contribution in [0.1, 0.15) is 78.6 Å². The Hall–Kier alpha value is -4.19. The number of aliphatic carboxylic acids is 1. The number of halogens is 4. The van der Waals surface area contributed by atoms with Crippen molar-refractivity contribution in [2.45, 2.75) is 78.6 Å². The summed E-state index contributed by atoms with van der Waals surface area (Å²) in [5, 5.41) is 12.5. The second kappa shape index (κ2) is 14.9. The fourth-order valence-electron chi connectivity index (χ4n) is 6.35. The minimum Gasteiger partial charge on any atom is -0.496 e. The van der Waals surface area contributed by atoms with Crippen molar-refractivity contribution in [2.75, 3.05) is 26.7 Å². The van der Waals surface area contributed by atoms with E-state index in [1.807, 2.05) is 30.9 Å². The summed E-state index contributed by atoms with van der Waals surface area (Å²) in [4.78, 5) is 41.3. The van der Waals surface area contributed by atoms with Gasteiger partial charge in [0, 0.05) is 24.4 Å². The standard InChI is InChI=1S/C36H43F4N3O5/c1-20(2)14-29(43-19-24(10-13-42-11-7-12-42)27(17-31(43)44)36(38,39)40)35(47)41-28(18-32(45)46)26-16-25(15-22(4)34(26)37)33-21(3)8-9-30(48-6)23(33)5/h8-9,15-17,19-20,28-29H,7,10-14,18H2,1-6H3,(H,41,47)(H,45,46)/t28-,29?/m0/s1. The molecular formula is C36H43F4N3O5. The molecule has 0 bridgehead atoms. The van der Waals surface area contributed by atoms with E-state index >= 15 is 4.39 Å². The number of likely N-dealkylation sites (tertiary alicyclic amines) is 1. The van der Waals surface area contributed by atoms with E-state index in [2.05, 4.69) is 5.32 Å². The van der Waals surface area contributed by atoms with Gasteiger partial charge in [-0.25, -0.2) is 4.39 Å². The average Bonchev–Trinajstić information content (AvgIpc) is 2.96. The first-order valence-electron chi connectivity index (χ1n) is 16.0. The third-order valence-corrected chi connectivity index (χ3v) is 8.93. The minimum absolute atomic E-state index is 0.0210. The average molecular weight is 674 g/mol. The molecule has 2 heterocycles. The smallest absolute Gasteiger partial charge is 0.416 e. The van der Waals surface area contributed by atoms with E-state index in [4.69, 9.17) is 4.74 Å². The molecule has 2 aromatic carbocycles. The molecule has 8 nitrogen and oxygen atoms in total. The molecule has 4 rings (SSSR count). The molecule has 1 saturated heterocycles. The number of aromatic nitrogens is 1. The van der Waals surface area contributed by atoms with Gasteiger partial charge in [0.25, 0.3) is 5.56 Å². The molecule has 0 aliphatic carbocycles. The zero-order chi connectivity index (χ0) is 35.5. The lowest BCUT2D eigenvalue weighted by molar-refractivity contribution is -0.139. The number of ether oxygens (including phenoxy) is 1. The first kappa shape index (κ1) is 36.6. The highest BCUT2D eigenvalue weighted by atomic mass is 19.4. The van der Waals surface area contributed by atoms with Crippen LogP contribution in [0.25, 0.3) is 11.1 Å². The van der Waals surface area contributed by atoms with Gasteiger partial charge in [-0.1, -0.05) is 19.9 Å². The van der Waals surface area contributed by atoms with Crippen molar-refractivity contribution in [3.63, 3.8) is 0 Å². The summed E-state index contributed by atoms with van der Waals surface area (Å²) in [6.45, 7) is 10.8. The predicted molar refractivity (Wildman–Crippen MR) is 175 cm³/mol. The Bertz CT molecular complexity index is 1730. The maximum atomic E-state index is 15.9. The van der Waals surface area contributed by atoms with Crippen LogP contribution in [-0.2, 0) is 22.2 Å². The molecule has 2 N–H and O–H groups in total. The zero-order valence-corrected chi connectivity index (χ0v) is 28.1. The van der Waals surface area contributed by atoms with E-state index < -0.39 is 53.5 Å². The molecule has 0 saturated carbocycles. The number of aryl methyl sites for hydroxylation is 2. The Balaban J connectivity index is 1.78. The van der Waals surface area contributed by atoms with Crippen LogP contribution in [0.15, 0.2) is 41.3 Å². The van der Waals surface area contributed by atoms with Crippen molar-refractivity contribution in [3.05, 3.63) is 86.1 Å². The lowest BCUT2D eigenvalue weighted by Gasteiger charge is -2.31. The number of hydrogen-bond acceptors (Lipinski definition) is 5. The summed E-state index contributed by atoms with van der Waals surface area (Å²) < 4.78 is 64.4. The number of nitrogens with zero attached hydrogens (tertiary/aromatic N) is 2. The van der Waals surface area contributed by atoms with Gasteiger partial charge in [-0.15, -0.1) is 0 Å². The number of benzene rings is 2. The van der Waals surface area contributed by atoms with Gasteiger partial charge in [-0.05, 0) is 111 Å². The zero-order valence-electron chi connectivity index (χ0n) is 28.1. The third kappa shape index (κ3) is 8.26. The number of rotatable bonds is 13. The van der Waals surface area contributed by atoms with Gasteiger partial charge in [0.1, 0.15) is 17.6 Å². The molecule has 1 amide bonds. The lowest BCUT2D eigenvalue weighted by atomic mass is 9.90. The fourth-order valence-corrected chi connectivity index (χ4v) is 6.35. The van der Waals surface area contributed by atoms with Crippen molar-refractivity contribution in [3.8, 4) is 16.9 Å². The van der Waals surface area contributed by atoms with Crippen LogP contribution in [0, 0.1) is 32.5 Å². The maximum Gasteiger partial charge on any atom is 0.416 e. The van der Waals surface area contributed by atoms with Crippen LogP contribution in [0.4, 0.5) is 17.6 Å². The molecule has 48 heavy (non-hydrogen) atoms.